The fraction of sp³-hybridized carbons (Fsp3) is 0.267. The number of nitrogens with zero attached hydrogens (tertiary/aromatic N) is 2. The van der Waals surface area contributed by atoms with E-state index in [0.717, 1.165) is 11.1 Å². The lowest BCUT2D eigenvalue weighted by atomic mass is 9.95. The molecule has 192 valence electrons. The molecule has 1 atom stereocenters. The molecule has 1 unspecified atom stereocenters. The van der Waals surface area contributed by atoms with E-state index in [2.05, 4.69) is 0 Å². The number of likely N-dealkylation sites (tertiary alicyclic amines) is 1. The topological polar surface area (TPSA) is 79.3 Å². The molecule has 3 aromatic rings. The number of Topliss-reactive ketones (excluding diaryl/α,β-unsaturated/α-hetero) is 1. The first-order chi connectivity index (χ1) is 17.9. The van der Waals surface area contributed by atoms with E-state index in [4.69, 9.17) is 9.47 Å². The maximum absolute atomic E-state index is 13.2. The van der Waals surface area contributed by atoms with E-state index in [1.807, 2.05) is 80.5 Å². The SMILES string of the molecule is CCOc1ccc(/C(O)=C2/C(=O)C(=O)N(CCN(C)C)C2c2ccc(OCc3ccccc3)cc2)cc1. The van der Waals surface area contributed by atoms with Crippen molar-refractivity contribution in [1.29, 1.82) is 0 Å². The summed E-state index contributed by atoms with van der Waals surface area (Å²) in [7, 11) is 3.81. The minimum atomic E-state index is -0.713. The highest BCUT2D eigenvalue weighted by atomic mass is 16.5. The Kier molecular flexibility index (Phi) is 8.25. The van der Waals surface area contributed by atoms with Gasteiger partial charge in [-0.2, -0.15) is 0 Å². The maximum Gasteiger partial charge on any atom is 0.295 e. The van der Waals surface area contributed by atoms with E-state index < -0.39 is 17.7 Å². The molecule has 7 nitrogen and oxygen atoms in total. The van der Waals surface area contributed by atoms with Crippen LogP contribution >= 0.6 is 0 Å². The van der Waals surface area contributed by atoms with E-state index >= 15 is 0 Å². The molecule has 0 aromatic heterocycles. The van der Waals surface area contributed by atoms with Crippen molar-refractivity contribution in [3.63, 3.8) is 0 Å². The number of aliphatic hydroxyl groups is 1. The summed E-state index contributed by atoms with van der Waals surface area (Å²) in [4.78, 5) is 29.7. The molecule has 1 N–H and O–H groups in total. The fourth-order valence-corrected chi connectivity index (χ4v) is 4.28. The Hall–Kier alpha value is -4.10. The molecule has 0 aliphatic carbocycles. The maximum atomic E-state index is 13.2. The summed E-state index contributed by atoms with van der Waals surface area (Å²) >= 11 is 0. The van der Waals surface area contributed by atoms with E-state index in [9.17, 15) is 14.7 Å². The molecule has 1 amide bonds. The monoisotopic (exact) mass is 500 g/mol. The standard InChI is InChI=1S/C30H32N2O5/c1-4-36-24-16-12-23(13-17-24)28(33)26-27(32(19-18-31(2)3)30(35)29(26)34)22-10-14-25(15-11-22)37-20-21-8-6-5-7-9-21/h5-17,27,33H,4,18-20H2,1-3H3/b28-26-. The highest BCUT2D eigenvalue weighted by Gasteiger charge is 2.45. The zero-order valence-electron chi connectivity index (χ0n) is 21.4. The Morgan fingerprint density at radius 3 is 2.14 bits per heavy atom. The van der Waals surface area contributed by atoms with Gasteiger partial charge in [0, 0.05) is 18.7 Å². The van der Waals surface area contributed by atoms with Gasteiger partial charge in [-0.3, -0.25) is 9.59 Å². The van der Waals surface area contributed by atoms with E-state index in [0.29, 0.717) is 43.4 Å². The van der Waals surface area contributed by atoms with Crippen LogP contribution in [-0.4, -0.2) is 60.4 Å². The number of likely N-dealkylation sites (N-methyl/N-ethyl adjacent to an activating group) is 1. The number of carbonyl (C=O) groups excluding carboxylic acids is 2. The number of aliphatic hydroxyl groups excluding tert-OH is 1. The molecule has 0 spiro atoms. The average molecular weight is 501 g/mol. The molecule has 1 fully saturated rings. The van der Waals surface area contributed by atoms with Gasteiger partial charge in [-0.1, -0.05) is 42.5 Å². The summed E-state index contributed by atoms with van der Waals surface area (Å²) in [5, 5.41) is 11.2. The minimum absolute atomic E-state index is 0.0749. The largest absolute Gasteiger partial charge is 0.507 e. The first-order valence-electron chi connectivity index (χ1n) is 12.3. The van der Waals surface area contributed by atoms with E-state index in [-0.39, 0.29) is 11.3 Å². The number of hydrogen-bond acceptors (Lipinski definition) is 6. The van der Waals surface area contributed by atoms with E-state index in [1.165, 1.54) is 4.90 Å². The summed E-state index contributed by atoms with van der Waals surface area (Å²) in [5.41, 5.74) is 2.30. The first-order valence-corrected chi connectivity index (χ1v) is 12.3. The van der Waals surface area contributed by atoms with Gasteiger partial charge in [-0.15, -0.1) is 0 Å². The van der Waals surface area contributed by atoms with Crippen molar-refractivity contribution in [2.24, 2.45) is 0 Å². The smallest absolute Gasteiger partial charge is 0.295 e. The van der Waals surface area contributed by atoms with Crippen molar-refractivity contribution in [3.8, 4) is 11.5 Å². The van der Waals surface area contributed by atoms with Gasteiger partial charge < -0.3 is 24.4 Å². The molecule has 0 saturated carbocycles. The number of ether oxygens (including phenoxy) is 2. The van der Waals surface area contributed by atoms with Crippen LogP contribution in [0.2, 0.25) is 0 Å². The predicted molar refractivity (Wildman–Crippen MR) is 142 cm³/mol. The Balaban J connectivity index is 1.66. The van der Waals surface area contributed by atoms with Crippen LogP contribution in [0.25, 0.3) is 5.76 Å². The molecule has 3 aromatic carbocycles. The molecular formula is C30H32N2O5. The molecule has 4 rings (SSSR count). The summed E-state index contributed by atoms with van der Waals surface area (Å²) in [6.45, 7) is 3.76. The second-order valence-corrected chi connectivity index (χ2v) is 9.10. The highest BCUT2D eigenvalue weighted by Crippen LogP contribution is 2.40. The van der Waals surface area contributed by atoms with Crippen LogP contribution < -0.4 is 9.47 Å². The number of rotatable bonds is 10. The van der Waals surface area contributed by atoms with Crippen LogP contribution in [0.1, 0.15) is 29.7 Å². The van der Waals surface area contributed by atoms with Gasteiger partial charge in [0.05, 0.1) is 18.2 Å². The van der Waals surface area contributed by atoms with Crippen molar-refractivity contribution in [2.45, 2.75) is 19.6 Å². The van der Waals surface area contributed by atoms with Gasteiger partial charge in [-0.05, 0) is 68.5 Å². The number of carbonyl (C=O) groups is 2. The van der Waals surface area contributed by atoms with Crippen molar-refractivity contribution in [1.82, 2.24) is 9.80 Å². The molecule has 1 aliphatic heterocycles. The van der Waals surface area contributed by atoms with Crippen LogP contribution in [0.15, 0.2) is 84.4 Å². The van der Waals surface area contributed by atoms with Crippen LogP contribution in [0.5, 0.6) is 11.5 Å². The van der Waals surface area contributed by atoms with Crippen LogP contribution in [0.3, 0.4) is 0 Å². The van der Waals surface area contributed by atoms with Gasteiger partial charge >= 0.3 is 0 Å². The lowest BCUT2D eigenvalue weighted by Crippen LogP contribution is -2.35. The van der Waals surface area contributed by atoms with Crippen molar-refractivity contribution < 1.29 is 24.2 Å². The van der Waals surface area contributed by atoms with Gasteiger partial charge in [-0.25, -0.2) is 0 Å². The molecular weight excluding hydrogens is 468 g/mol. The molecule has 37 heavy (non-hydrogen) atoms. The van der Waals surface area contributed by atoms with Crippen LogP contribution in [0, 0.1) is 0 Å². The second-order valence-electron chi connectivity index (χ2n) is 9.10. The Morgan fingerprint density at radius 2 is 1.51 bits per heavy atom. The zero-order chi connectivity index (χ0) is 26.4. The molecule has 0 radical (unpaired) electrons. The zero-order valence-corrected chi connectivity index (χ0v) is 21.4. The summed E-state index contributed by atoms with van der Waals surface area (Å²) in [6, 6.07) is 23.3. The third-order valence-electron chi connectivity index (χ3n) is 6.21. The van der Waals surface area contributed by atoms with Crippen molar-refractivity contribution in [2.75, 3.05) is 33.8 Å². The minimum Gasteiger partial charge on any atom is -0.507 e. The molecule has 1 saturated heterocycles. The number of ketones is 1. The number of amides is 1. The molecule has 1 aliphatic rings. The molecule has 1 heterocycles. The predicted octanol–water partition coefficient (Wildman–Crippen LogP) is 4.65. The quantitative estimate of drug-likeness (QED) is 0.248. The van der Waals surface area contributed by atoms with Crippen molar-refractivity contribution in [3.05, 3.63) is 101 Å². The summed E-state index contributed by atoms with van der Waals surface area (Å²) in [6.07, 6.45) is 0. The Bertz CT molecular complexity index is 1250. The van der Waals surface area contributed by atoms with Gasteiger partial charge in [0.25, 0.3) is 11.7 Å². The van der Waals surface area contributed by atoms with E-state index in [1.54, 1.807) is 24.3 Å². The third-order valence-corrected chi connectivity index (χ3v) is 6.21. The number of hydrogen-bond donors (Lipinski definition) is 1. The lowest BCUT2D eigenvalue weighted by Gasteiger charge is -2.26. The molecule has 0 bridgehead atoms. The second kappa shape index (κ2) is 11.8. The highest BCUT2D eigenvalue weighted by molar-refractivity contribution is 6.46. The first kappa shape index (κ1) is 26.0. The lowest BCUT2D eigenvalue weighted by molar-refractivity contribution is -0.140. The third kappa shape index (κ3) is 6.01. The Labute approximate surface area is 217 Å². The number of benzene rings is 3. The summed E-state index contributed by atoms with van der Waals surface area (Å²) < 4.78 is 11.4. The van der Waals surface area contributed by atoms with Crippen LogP contribution in [-0.2, 0) is 16.2 Å². The van der Waals surface area contributed by atoms with Gasteiger partial charge in [0.1, 0.15) is 23.9 Å². The van der Waals surface area contributed by atoms with Crippen LogP contribution in [0.4, 0.5) is 0 Å². The fourth-order valence-electron chi connectivity index (χ4n) is 4.28. The van der Waals surface area contributed by atoms with Gasteiger partial charge in [0.2, 0.25) is 0 Å². The summed E-state index contributed by atoms with van der Waals surface area (Å²) in [5.74, 6) is -0.191. The Morgan fingerprint density at radius 1 is 0.892 bits per heavy atom. The molecule has 7 heteroatoms. The average Bonchev–Trinajstić information content (AvgIpc) is 3.16. The van der Waals surface area contributed by atoms with Crippen molar-refractivity contribution >= 4 is 17.4 Å². The van der Waals surface area contributed by atoms with Gasteiger partial charge in [0.15, 0.2) is 0 Å². The normalized spacial score (nSPS) is 16.9.